The summed E-state index contributed by atoms with van der Waals surface area (Å²) in [4.78, 5) is 0. The van der Waals surface area contributed by atoms with Gasteiger partial charge < -0.3 is 10.1 Å². The number of methoxy groups -OCH3 is 1. The zero-order valence-electron chi connectivity index (χ0n) is 11.8. The molecule has 0 atom stereocenters. The number of rotatable bonds is 4. The van der Waals surface area contributed by atoms with Crippen LogP contribution in [0.15, 0.2) is 18.2 Å². The van der Waals surface area contributed by atoms with Gasteiger partial charge in [0.25, 0.3) is 0 Å². The van der Waals surface area contributed by atoms with Gasteiger partial charge in [-0.2, -0.15) is 5.26 Å². The summed E-state index contributed by atoms with van der Waals surface area (Å²) in [6.45, 7) is 3.26. The summed E-state index contributed by atoms with van der Waals surface area (Å²) in [5.41, 5.74) is 1.92. The van der Waals surface area contributed by atoms with E-state index in [1.54, 1.807) is 7.11 Å². The van der Waals surface area contributed by atoms with Gasteiger partial charge in [0.05, 0.1) is 18.4 Å². The van der Waals surface area contributed by atoms with Crippen molar-refractivity contribution in [3.8, 4) is 11.8 Å². The quantitative estimate of drug-likeness (QED) is 0.889. The highest BCUT2D eigenvalue weighted by Gasteiger charge is 2.26. The van der Waals surface area contributed by atoms with E-state index in [9.17, 15) is 0 Å². The van der Waals surface area contributed by atoms with E-state index >= 15 is 0 Å². The fourth-order valence-corrected chi connectivity index (χ4v) is 2.78. The van der Waals surface area contributed by atoms with Crippen LogP contribution in [0.1, 0.15) is 44.6 Å². The molecule has 3 heteroatoms. The molecular formula is C16H22N2O. The van der Waals surface area contributed by atoms with Crippen molar-refractivity contribution >= 4 is 5.69 Å². The first-order valence-electron chi connectivity index (χ1n) is 6.99. The first-order chi connectivity index (χ1) is 9.17. The third-order valence-corrected chi connectivity index (χ3v) is 4.11. The number of hydrogen-bond acceptors (Lipinski definition) is 3. The van der Waals surface area contributed by atoms with Crippen LogP contribution in [-0.4, -0.2) is 13.7 Å². The van der Waals surface area contributed by atoms with Crippen molar-refractivity contribution in [2.45, 2.75) is 39.0 Å². The third-order valence-electron chi connectivity index (χ3n) is 4.11. The van der Waals surface area contributed by atoms with E-state index in [0.717, 1.165) is 18.0 Å². The average molecular weight is 258 g/mol. The summed E-state index contributed by atoms with van der Waals surface area (Å²) in [5, 5.41) is 12.6. The number of nitriles is 1. The number of anilines is 1. The first kappa shape index (κ1) is 13.7. The number of hydrogen-bond donors (Lipinski definition) is 1. The Balaban J connectivity index is 2.07. The Morgan fingerprint density at radius 1 is 1.32 bits per heavy atom. The van der Waals surface area contributed by atoms with Crippen LogP contribution in [0, 0.1) is 16.7 Å². The van der Waals surface area contributed by atoms with E-state index in [2.05, 4.69) is 18.3 Å². The number of nitrogens with one attached hydrogen (secondary N) is 1. The van der Waals surface area contributed by atoms with Crippen LogP contribution in [-0.2, 0) is 0 Å². The molecule has 1 aromatic carbocycles. The van der Waals surface area contributed by atoms with Gasteiger partial charge in [-0.3, -0.25) is 0 Å². The Hall–Kier alpha value is -1.69. The number of ether oxygens (including phenoxy) is 1. The predicted molar refractivity (Wildman–Crippen MR) is 77.4 cm³/mol. The van der Waals surface area contributed by atoms with Gasteiger partial charge in [0, 0.05) is 12.6 Å². The Morgan fingerprint density at radius 2 is 2.05 bits per heavy atom. The molecule has 1 aliphatic rings. The maximum absolute atomic E-state index is 9.15. The standard InChI is InChI=1S/C16H22N2O/c1-16(8-4-3-5-9-16)12-18-15-10-14(19-2)7-6-13(15)11-17/h6-7,10,18H,3-5,8-9,12H2,1-2H3. The van der Waals surface area contributed by atoms with Crippen LogP contribution in [0.5, 0.6) is 5.75 Å². The van der Waals surface area contributed by atoms with Gasteiger partial charge in [-0.15, -0.1) is 0 Å². The highest BCUT2D eigenvalue weighted by Crippen LogP contribution is 2.36. The first-order valence-corrected chi connectivity index (χ1v) is 6.99. The summed E-state index contributed by atoms with van der Waals surface area (Å²) in [6.07, 6.45) is 6.54. The van der Waals surface area contributed by atoms with Crippen LogP contribution in [0.4, 0.5) is 5.69 Å². The molecular weight excluding hydrogens is 236 g/mol. The van der Waals surface area contributed by atoms with Gasteiger partial charge in [0.15, 0.2) is 0 Å². The van der Waals surface area contributed by atoms with Crippen LogP contribution in [0.3, 0.4) is 0 Å². The van der Waals surface area contributed by atoms with Crippen molar-refractivity contribution in [1.29, 1.82) is 5.26 Å². The molecule has 0 heterocycles. The lowest BCUT2D eigenvalue weighted by molar-refractivity contribution is 0.233. The van der Waals surface area contributed by atoms with Gasteiger partial charge in [-0.05, 0) is 30.4 Å². The minimum Gasteiger partial charge on any atom is -0.497 e. The summed E-state index contributed by atoms with van der Waals surface area (Å²) >= 11 is 0. The molecule has 1 saturated carbocycles. The Kier molecular flexibility index (Phi) is 4.31. The van der Waals surface area contributed by atoms with Crippen molar-refractivity contribution in [2.75, 3.05) is 19.0 Å². The minimum atomic E-state index is 0.355. The smallest absolute Gasteiger partial charge is 0.121 e. The van der Waals surface area contributed by atoms with Gasteiger partial charge >= 0.3 is 0 Å². The van der Waals surface area contributed by atoms with E-state index < -0.39 is 0 Å². The van der Waals surface area contributed by atoms with Crippen molar-refractivity contribution in [2.24, 2.45) is 5.41 Å². The molecule has 0 saturated heterocycles. The summed E-state index contributed by atoms with van der Waals surface area (Å²) < 4.78 is 5.22. The Morgan fingerprint density at radius 3 is 2.68 bits per heavy atom. The van der Waals surface area contributed by atoms with E-state index in [1.807, 2.05) is 18.2 Å². The predicted octanol–water partition coefficient (Wildman–Crippen LogP) is 3.95. The summed E-state index contributed by atoms with van der Waals surface area (Å²) in [7, 11) is 1.65. The van der Waals surface area contributed by atoms with E-state index in [4.69, 9.17) is 10.00 Å². The topological polar surface area (TPSA) is 45.0 Å². The van der Waals surface area contributed by atoms with Gasteiger partial charge in [0.1, 0.15) is 11.8 Å². The molecule has 1 N–H and O–H groups in total. The summed E-state index contributed by atoms with van der Waals surface area (Å²) in [5.74, 6) is 0.787. The molecule has 2 rings (SSSR count). The number of benzene rings is 1. The molecule has 1 fully saturated rings. The molecule has 0 bridgehead atoms. The summed E-state index contributed by atoms with van der Waals surface area (Å²) in [6, 6.07) is 7.77. The molecule has 1 aromatic rings. The second-order valence-electron chi connectivity index (χ2n) is 5.75. The van der Waals surface area contributed by atoms with Crippen LogP contribution in [0.25, 0.3) is 0 Å². The van der Waals surface area contributed by atoms with Crippen molar-refractivity contribution in [1.82, 2.24) is 0 Å². The third kappa shape index (κ3) is 3.41. The minimum absolute atomic E-state index is 0.355. The highest BCUT2D eigenvalue weighted by molar-refractivity contribution is 5.60. The molecule has 19 heavy (non-hydrogen) atoms. The molecule has 0 aliphatic heterocycles. The molecule has 0 amide bonds. The molecule has 3 nitrogen and oxygen atoms in total. The van der Waals surface area contributed by atoms with Gasteiger partial charge in [-0.25, -0.2) is 0 Å². The molecule has 0 spiro atoms. The monoisotopic (exact) mass is 258 g/mol. The zero-order valence-corrected chi connectivity index (χ0v) is 11.8. The van der Waals surface area contributed by atoms with Crippen molar-refractivity contribution in [3.63, 3.8) is 0 Å². The van der Waals surface area contributed by atoms with E-state index in [0.29, 0.717) is 11.0 Å². The lowest BCUT2D eigenvalue weighted by atomic mass is 9.75. The Labute approximate surface area is 115 Å². The average Bonchev–Trinajstić information content (AvgIpc) is 2.45. The fourth-order valence-electron chi connectivity index (χ4n) is 2.78. The fraction of sp³-hybridized carbons (Fsp3) is 0.562. The normalized spacial score (nSPS) is 17.5. The largest absolute Gasteiger partial charge is 0.497 e. The lowest BCUT2D eigenvalue weighted by Crippen LogP contribution is -2.29. The van der Waals surface area contributed by atoms with Crippen LogP contribution < -0.4 is 10.1 Å². The highest BCUT2D eigenvalue weighted by atomic mass is 16.5. The SMILES string of the molecule is COc1ccc(C#N)c(NCC2(C)CCCCC2)c1. The number of nitrogens with zero attached hydrogens (tertiary/aromatic N) is 1. The lowest BCUT2D eigenvalue weighted by Gasteiger charge is -2.34. The van der Waals surface area contributed by atoms with Gasteiger partial charge in [0.2, 0.25) is 0 Å². The molecule has 102 valence electrons. The van der Waals surface area contributed by atoms with Crippen LogP contribution >= 0.6 is 0 Å². The van der Waals surface area contributed by atoms with Crippen LogP contribution in [0.2, 0.25) is 0 Å². The maximum Gasteiger partial charge on any atom is 0.121 e. The maximum atomic E-state index is 9.15. The van der Waals surface area contributed by atoms with Gasteiger partial charge in [-0.1, -0.05) is 26.2 Å². The Bertz CT molecular complexity index is 470. The molecule has 1 aliphatic carbocycles. The second kappa shape index (κ2) is 5.97. The zero-order chi connectivity index (χ0) is 13.7. The van der Waals surface area contributed by atoms with Crippen molar-refractivity contribution in [3.05, 3.63) is 23.8 Å². The molecule has 0 radical (unpaired) electrons. The molecule has 0 unspecified atom stereocenters. The van der Waals surface area contributed by atoms with E-state index in [-0.39, 0.29) is 0 Å². The molecule has 0 aromatic heterocycles. The van der Waals surface area contributed by atoms with E-state index in [1.165, 1.54) is 32.1 Å². The second-order valence-corrected chi connectivity index (χ2v) is 5.75. The van der Waals surface area contributed by atoms with Crippen molar-refractivity contribution < 1.29 is 4.74 Å².